The van der Waals surface area contributed by atoms with Crippen LogP contribution in [0.2, 0.25) is 10.0 Å². The molecule has 0 spiro atoms. The number of aliphatic imine (C=N–C) groups is 1. The SMILES string of the molecule is CC1(C)NC(C23CC(N(Cc4ccc(Cl)cc4)S(=O)(=O)c4ccccc4Cl)(C2)C3)=N[C@H]1C(=O)NCCC(F)(F)F. The Balaban J connectivity index is 1.37. The number of benzene rings is 2. The molecule has 0 aromatic heterocycles. The second-order valence-electron chi connectivity index (χ2n) is 11.5. The summed E-state index contributed by atoms with van der Waals surface area (Å²) in [6, 6.07) is 12.4. The third-order valence-electron chi connectivity index (χ3n) is 8.02. The van der Waals surface area contributed by atoms with E-state index >= 15 is 0 Å². The van der Waals surface area contributed by atoms with Gasteiger partial charge in [-0.15, -0.1) is 0 Å². The van der Waals surface area contributed by atoms with Gasteiger partial charge >= 0.3 is 6.18 Å². The summed E-state index contributed by atoms with van der Waals surface area (Å²) in [5.41, 5.74) is -1.15. The predicted octanol–water partition coefficient (Wildman–Crippen LogP) is 5.32. The number of rotatable bonds is 9. The maximum Gasteiger partial charge on any atom is 0.390 e. The molecule has 6 rings (SSSR count). The first-order valence-electron chi connectivity index (χ1n) is 12.8. The van der Waals surface area contributed by atoms with E-state index in [1.165, 1.54) is 16.4 Å². The minimum absolute atomic E-state index is 0.0254. The average Bonchev–Trinajstić information content (AvgIpc) is 3.12. The maximum atomic E-state index is 14.0. The van der Waals surface area contributed by atoms with E-state index in [-0.39, 0.29) is 16.5 Å². The van der Waals surface area contributed by atoms with Gasteiger partial charge in [-0.25, -0.2) is 8.42 Å². The molecule has 7 nitrogen and oxygen atoms in total. The van der Waals surface area contributed by atoms with E-state index < -0.39 is 57.6 Å². The van der Waals surface area contributed by atoms with Crippen molar-refractivity contribution in [1.29, 1.82) is 0 Å². The first kappa shape index (κ1) is 29.2. The van der Waals surface area contributed by atoms with E-state index in [2.05, 4.69) is 15.6 Å². The van der Waals surface area contributed by atoms with Crippen molar-refractivity contribution in [2.45, 2.75) is 74.3 Å². The summed E-state index contributed by atoms with van der Waals surface area (Å²) in [5, 5.41) is 6.32. The lowest BCUT2D eigenvalue weighted by Crippen LogP contribution is -2.78. The zero-order valence-corrected chi connectivity index (χ0v) is 24.2. The number of nitrogens with zero attached hydrogens (tertiary/aromatic N) is 2. The molecule has 2 aromatic rings. The number of hydrogen-bond acceptors (Lipinski definition) is 5. The highest BCUT2D eigenvalue weighted by atomic mass is 35.5. The van der Waals surface area contributed by atoms with E-state index in [1.807, 2.05) is 0 Å². The lowest BCUT2D eigenvalue weighted by Gasteiger charge is -2.73. The highest BCUT2D eigenvalue weighted by molar-refractivity contribution is 7.89. The largest absolute Gasteiger partial charge is 0.390 e. The monoisotopic (exact) mass is 616 g/mol. The molecule has 13 heteroatoms. The first-order valence-corrected chi connectivity index (χ1v) is 15.0. The van der Waals surface area contributed by atoms with Crippen LogP contribution in [0.3, 0.4) is 0 Å². The van der Waals surface area contributed by atoms with Crippen LogP contribution in [-0.2, 0) is 21.4 Å². The Morgan fingerprint density at radius 3 is 2.33 bits per heavy atom. The summed E-state index contributed by atoms with van der Waals surface area (Å²) in [4.78, 5) is 17.4. The molecule has 3 fully saturated rings. The fourth-order valence-corrected chi connectivity index (χ4v) is 8.44. The van der Waals surface area contributed by atoms with Crippen LogP contribution < -0.4 is 10.6 Å². The fraction of sp³-hybridized carbons (Fsp3) is 0.481. The molecule has 0 unspecified atom stereocenters. The number of amidine groups is 1. The Kier molecular flexibility index (Phi) is 7.21. The highest BCUT2D eigenvalue weighted by Gasteiger charge is 2.75. The Labute approximate surface area is 241 Å². The molecular weight excluding hydrogens is 588 g/mol. The topological polar surface area (TPSA) is 90.9 Å². The zero-order valence-electron chi connectivity index (χ0n) is 21.9. The molecule has 0 saturated heterocycles. The standard InChI is InChI=1S/C27H29Cl2F3N4O3S/c1-24(2)21(22(37)33-12-11-27(30,31)32)34-23(35-24)25-14-26(15-25,16-25)36(13-17-7-9-18(28)10-8-17)40(38,39)20-6-4-3-5-19(20)29/h3-10,21H,11-16H2,1-2H3,(H,33,37)(H,34,35)/t21-,25?,26?/m0/s1. The van der Waals surface area contributed by atoms with Gasteiger partial charge < -0.3 is 10.6 Å². The molecule has 1 amide bonds. The minimum Gasteiger partial charge on any atom is -0.366 e. The number of nitrogens with one attached hydrogen (secondary N) is 2. The van der Waals surface area contributed by atoms with E-state index in [1.54, 1.807) is 50.2 Å². The van der Waals surface area contributed by atoms with Crippen molar-refractivity contribution in [2.75, 3.05) is 6.54 Å². The summed E-state index contributed by atoms with van der Waals surface area (Å²) in [6.45, 7) is 3.14. The van der Waals surface area contributed by atoms with Gasteiger partial charge in [0.25, 0.3) is 0 Å². The van der Waals surface area contributed by atoms with Gasteiger partial charge in [0.1, 0.15) is 10.7 Å². The quantitative estimate of drug-likeness (QED) is 0.399. The van der Waals surface area contributed by atoms with Crippen molar-refractivity contribution in [3.63, 3.8) is 0 Å². The van der Waals surface area contributed by atoms with Crippen LogP contribution in [-0.4, -0.2) is 54.3 Å². The Hall–Kier alpha value is -2.34. The molecule has 0 radical (unpaired) electrons. The van der Waals surface area contributed by atoms with Gasteiger partial charge in [0, 0.05) is 29.1 Å². The maximum absolute atomic E-state index is 14.0. The van der Waals surface area contributed by atoms with Gasteiger partial charge in [-0.3, -0.25) is 9.79 Å². The van der Waals surface area contributed by atoms with E-state index in [9.17, 15) is 26.4 Å². The number of amides is 1. The highest BCUT2D eigenvalue weighted by Crippen LogP contribution is 2.71. The van der Waals surface area contributed by atoms with Crippen molar-refractivity contribution in [3.05, 3.63) is 64.1 Å². The van der Waals surface area contributed by atoms with Crippen LogP contribution in [0.15, 0.2) is 58.4 Å². The van der Waals surface area contributed by atoms with Crippen LogP contribution in [0.1, 0.15) is 45.1 Å². The van der Waals surface area contributed by atoms with Crippen molar-refractivity contribution in [2.24, 2.45) is 10.4 Å². The van der Waals surface area contributed by atoms with Gasteiger partial charge in [-0.1, -0.05) is 47.5 Å². The zero-order chi connectivity index (χ0) is 29.1. The average molecular weight is 618 g/mol. The number of carbonyl (C=O) groups excluding carboxylic acids is 1. The van der Waals surface area contributed by atoms with Gasteiger partial charge in [0.05, 0.1) is 17.0 Å². The molecule has 4 aliphatic rings. The summed E-state index contributed by atoms with van der Waals surface area (Å²) >= 11 is 12.4. The molecule has 216 valence electrons. The van der Waals surface area contributed by atoms with E-state index in [4.69, 9.17) is 23.2 Å². The summed E-state index contributed by atoms with van der Waals surface area (Å²) in [5.74, 6) is 0.0145. The number of hydrogen-bond donors (Lipinski definition) is 2. The molecule has 40 heavy (non-hydrogen) atoms. The lowest BCUT2D eigenvalue weighted by molar-refractivity contribution is -0.151. The van der Waals surface area contributed by atoms with Crippen LogP contribution in [0.25, 0.3) is 0 Å². The minimum atomic E-state index is -4.37. The van der Waals surface area contributed by atoms with Crippen LogP contribution in [0.4, 0.5) is 13.2 Å². The van der Waals surface area contributed by atoms with Crippen LogP contribution >= 0.6 is 23.2 Å². The van der Waals surface area contributed by atoms with Gasteiger partial charge in [0.15, 0.2) is 6.04 Å². The number of alkyl halides is 3. The molecule has 1 aliphatic heterocycles. The number of halogens is 5. The summed E-state index contributed by atoms with van der Waals surface area (Å²) in [6.07, 6.45) is -4.02. The van der Waals surface area contributed by atoms with E-state index in [0.29, 0.717) is 30.1 Å². The molecule has 1 atom stereocenters. The van der Waals surface area contributed by atoms with Gasteiger partial charge in [0.2, 0.25) is 15.9 Å². The first-order chi connectivity index (χ1) is 18.6. The lowest BCUT2D eigenvalue weighted by atomic mass is 9.38. The number of carbonyl (C=O) groups is 1. The second kappa shape index (κ2) is 9.89. The van der Waals surface area contributed by atoms with Crippen LogP contribution in [0, 0.1) is 5.41 Å². The van der Waals surface area contributed by atoms with Crippen LogP contribution in [0.5, 0.6) is 0 Å². The number of sulfonamides is 1. The Morgan fingerprint density at radius 2 is 1.73 bits per heavy atom. The molecule has 2 aromatic carbocycles. The second-order valence-corrected chi connectivity index (χ2v) is 14.2. The normalized spacial score (nSPS) is 26.9. The summed E-state index contributed by atoms with van der Waals surface area (Å²) in [7, 11) is -3.99. The molecule has 3 aliphatic carbocycles. The van der Waals surface area contributed by atoms with Crippen molar-refractivity contribution >= 4 is 45.0 Å². The van der Waals surface area contributed by atoms with Gasteiger partial charge in [-0.2, -0.15) is 17.5 Å². The van der Waals surface area contributed by atoms with Gasteiger partial charge in [-0.05, 0) is 62.9 Å². The molecule has 2 N–H and O–H groups in total. The van der Waals surface area contributed by atoms with Crippen molar-refractivity contribution in [3.8, 4) is 0 Å². The molecule has 3 saturated carbocycles. The Morgan fingerprint density at radius 1 is 1.10 bits per heavy atom. The molecule has 2 bridgehead atoms. The van der Waals surface area contributed by atoms with E-state index in [0.717, 1.165) is 5.56 Å². The molecule has 1 heterocycles. The van der Waals surface area contributed by atoms with Crippen molar-refractivity contribution < 1.29 is 26.4 Å². The van der Waals surface area contributed by atoms with Crippen molar-refractivity contribution in [1.82, 2.24) is 14.9 Å². The Bertz CT molecular complexity index is 1440. The third kappa shape index (κ3) is 5.21. The third-order valence-corrected chi connectivity index (χ3v) is 10.7. The predicted molar refractivity (Wildman–Crippen MR) is 147 cm³/mol. The fourth-order valence-electron chi connectivity index (χ4n) is 6.06. The summed E-state index contributed by atoms with van der Waals surface area (Å²) < 4.78 is 67.0. The molecular formula is C27H29Cl2F3N4O3S. The smallest absolute Gasteiger partial charge is 0.366 e.